The molecule has 1 rings (SSSR count). The Labute approximate surface area is 131 Å². The first-order chi connectivity index (χ1) is 8.76. The fourth-order valence-corrected chi connectivity index (χ4v) is 1.47. The Balaban J connectivity index is 0.00000324. The molecule has 5 heteroatoms. The molecule has 0 radical (unpaired) electrons. The van der Waals surface area contributed by atoms with Crippen molar-refractivity contribution in [2.45, 2.75) is 13.3 Å². The zero-order chi connectivity index (χ0) is 13.2. The van der Waals surface area contributed by atoms with E-state index in [9.17, 15) is 4.39 Å². The van der Waals surface area contributed by atoms with Crippen LogP contribution in [0.2, 0.25) is 0 Å². The molecule has 104 valence electrons. The van der Waals surface area contributed by atoms with Crippen LogP contribution in [0.3, 0.4) is 0 Å². The summed E-state index contributed by atoms with van der Waals surface area (Å²) in [4.78, 5) is 4.35. The molecular formula is C14H19FIN3. The van der Waals surface area contributed by atoms with Crippen LogP contribution in [-0.2, 0) is 6.42 Å². The quantitative estimate of drug-likeness (QED) is 0.358. The van der Waals surface area contributed by atoms with Crippen molar-refractivity contribution in [2.24, 2.45) is 4.99 Å². The summed E-state index contributed by atoms with van der Waals surface area (Å²) in [5.41, 5.74) is 0.937. The molecule has 0 atom stereocenters. The zero-order valence-electron chi connectivity index (χ0n) is 10.9. The number of aliphatic imine (C=N–C) groups is 1. The van der Waals surface area contributed by atoms with Gasteiger partial charge in [0.2, 0.25) is 0 Å². The van der Waals surface area contributed by atoms with Crippen LogP contribution in [0.5, 0.6) is 0 Å². The van der Waals surface area contributed by atoms with Gasteiger partial charge in [-0.2, -0.15) is 0 Å². The molecule has 0 spiro atoms. The summed E-state index contributed by atoms with van der Waals surface area (Å²) in [6.45, 7) is 3.78. The summed E-state index contributed by atoms with van der Waals surface area (Å²) in [6, 6.07) is 6.55. The number of rotatable bonds is 5. The maximum atomic E-state index is 13.0. The molecule has 0 fully saturated rings. The molecule has 0 saturated heterocycles. The number of nitrogens with zero attached hydrogens (tertiary/aromatic N) is 1. The van der Waals surface area contributed by atoms with Crippen molar-refractivity contribution >= 4 is 29.9 Å². The average molecular weight is 375 g/mol. The molecule has 0 saturated carbocycles. The summed E-state index contributed by atoms with van der Waals surface area (Å²) in [5.74, 6) is 2.96. The second kappa shape index (κ2) is 10.6. The van der Waals surface area contributed by atoms with E-state index in [0.717, 1.165) is 12.1 Å². The molecule has 0 bridgehead atoms. The Morgan fingerprint density at radius 2 is 2.21 bits per heavy atom. The maximum absolute atomic E-state index is 13.0. The van der Waals surface area contributed by atoms with Gasteiger partial charge in [0.15, 0.2) is 5.96 Å². The van der Waals surface area contributed by atoms with E-state index in [1.54, 1.807) is 6.07 Å². The molecule has 0 aliphatic heterocycles. The number of terminal acetylenes is 1. The van der Waals surface area contributed by atoms with E-state index in [2.05, 4.69) is 21.5 Å². The summed E-state index contributed by atoms with van der Waals surface area (Å²) in [5, 5.41) is 6.08. The number of halogens is 2. The molecular weight excluding hydrogens is 356 g/mol. The van der Waals surface area contributed by atoms with Gasteiger partial charge in [-0.1, -0.05) is 18.1 Å². The lowest BCUT2D eigenvalue weighted by Gasteiger charge is -2.08. The minimum atomic E-state index is -0.214. The molecule has 0 aromatic heterocycles. The maximum Gasteiger partial charge on any atom is 0.192 e. The first-order valence-corrected chi connectivity index (χ1v) is 5.96. The number of benzene rings is 1. The molecule has 1 aromatic carbocycles. The Kier molecular flexibility index (Phi) is 9.90. The minimum absolute atomic E-state index is 0. The van der Waals surface area contributed by atoms with Crippen LogP contribution >= 0.6 is 24.0 Å². The summed E-state index contributed by atoms with van der Waals surface area (Å²) < 4.78 is 13.0. The molecule has 0 heterocycles. The highest BCUT2D eigenvalue weighted by molar-refractivity contribution is 14.0. The third-order valence-corrected chi connectivity index (χ3v) is 2.26. The zero-order valence-corrected chi connectivity index (χ0v) is 13.3. The van der Waals surface area contributed by atoms with E-state index in [4.69, 9.17) is 6.42 Å². The van der Waals surface area contributed by atoms with Gasteiger partial charge in [0, 0.05) is 13.1 Å². The summed E-state index contributed by atoms with van der Waals surface area (Å²) in [7, 11) is 0. The molecule has 0 unspecified atom stereocenters. The van der Waals surface area contributed by atoms with Crippen LogP contribution in [0.25, 0.3) is 0 Å². The van der Waals surface area contributed by atoms with E-state index in [1.807, 2.05) is 13.0 Å². The lowest BCUT2D eigenvalue weighted by atomic mass is 10.1. The van der Waals surface area contributed by atoms with Crippen molar-refractivity contribution in [3.63, 3.8) is 0 Å². The van der Waals surface area contributed by atoms with E-state index in [-0.39, 0.29) is 29.8 Å². The van der Waals surface area contributed by atoms with Crippen molar-refractivity contribution in [2.75, 3.05) is 19.6 Å². The first-order valence-electron chi connectivity index (χ1n) is 5.96. The molecule has 3 nitrogen and oxygen atoms in total. The predicted octanol–water partition coefficient (Wildman–Crippen LogP) is 2.17. The third kappa shape index (κ3) is 7.67. The van der Waals surface area contributed by atoms with Crippen molar-refractivity contribution in [1.82, 2.24) is 10.6 Å². The van der Waals surface area contributed by atoms with Gasteiger partial charge in [-0.25, -0.2) is 4.39 Å². The lowest BCUT2D eigenvalue weighted by molar-refractivity contribution is 0.625. The van der Waals surface area contributed by atoms with Crippen LogP contribution < -0.4 is 10.6 Å². The van der Waals surface area contributed by atoms with Crippen LogP contribution in [0.4, 0.5) is 4.39 Å². The van der Waals surface area contributed by atoms with Crippen molar-refractivity contribution in [3.8, 4) is 12.3 Å². The Hall–Kier alpha value is -1.29. The molecule has 0 aliphatic rings. The minimum Gasteiger partial charge on any atom is -0.357 e. The van der Waals surface area contributed by atoms with Gasteiger partial charge in [0.1, 0.15) is 5.82 Å². The number of nitrogens with one attached hydrogen (secondary N) is 2. The van der Waals surface area contributed by atoms with Gasteiger partial charge in [-0.05, 0) is 31.0 Å². The topological polar surface area (TPSA) is 36.4 Å². The second-order valence-electron chi connectivity index (χ2n) is 3.70. The van der Waals surface area contributed by atoms with E-state index in [1.165, 1.54) is 12.1 Å². The fourth-order valence-electron chi connectivity index (χ4n) is 1.47. The Morgan fingerprint density at radius 1 is 1.42 bits per heavy atom. The average Bonchev–Trinajstić information content (AvgIpc) is 2.36. The van der Waals surface area contributed by atoms with Crippen molar-refractivity contribution < 1.29 is 4.39 Å². The third-order valence-electron chi connectivity index (χ3n) is 2.26. The molecule has 0 amide bonds. The number of guanidine groups is 1. The highest BCUT2D eigenvalue weighted by atomic mass is 127. The van der Waals surface area contributed by atoms with Gasteiger partial charge < -0.3 is 10.6 Å². The van der Waals surface area contributed by atoms with Gasteiger partial charge in [-0.3, -0.25) is 4.99 Å². The van der Waals surface area contributed by atoms with Gasteiger partial charge in [-0.15, -0.1) is 30.4 Å². The largest absolute Gasteiger partial charge is 0.357 e. The molecule has 0 aliphatic carbocycles. The van der Waals surface area contributed by atoms with Gasteiger partial charge >= 0.3 is 0 Å². The van der Waals surface area contributed by atoms with Gasteiger partial charge in [0.05, 0.1) is 6.54 Å². The molecule has 2 N–H and O–H groups in total. The SMILES string of the molecule is C#CCNC(=NCCc1cccc(F)c1)NCC.I. The molecule has 1 aromatic rings. The smallest absolute Gasteiger partial charge is 0.192 e. The van der Waals surface area contributed by atoms with E-state index < -0.39 is 0 Å². The monoisotopic (exact) mass is 375 g/mol. The fraction of sp³-hybridized carbons (Fsp3) is 0.357. The van der Waals surface area contributed by atoms with Gasteiger partial charge in [0.25, 0.3) is 0 Å². The van der Waals surface area contributed by atoms with Crippen LogP contribution in [-0.4, -0.2) is 25.6 Å². The van der Waals surface area contributed by atoms with Crippen molar-refractivity contribution in [3.05, 3.63) is 35.6 Å². The summed E-state index contributed by atoms with van der Waals surface area (Å²) >= 11 is 0. The first kappa shape index (κ1) is 17.7. The second-order valence-corrected chi connectivity index (χ2v) is 3.70. The standard InChI is InChI=1S/C14H18FN3.HI/c1-3-9-17-14(16-4-2)18-10-8-12-6-5-7-13(15)11-12;/h1,5-7,11H,4,8-10H2,2H3,(H2,16,17,18);1H. The van der Waals surface area contributed by atoms with E-state index >= 15 is 0 Å². The highest BCUT2D eigenvalue weighted by Gasteiger charge is 1.97. The molecule has 19 heavy (non-hydrogen) atoms. The number of hydrogen-bond donors (Lipinski definition) is 2. The Morgan fingerprint density at radius 3 is 2.84 bits per heavy atom. The number of hydrogen-bond acceptors (Lipinski definition) is 1. The normalized spacial score (nSPS) is 10.3. The van der Waals surface area contributed by atoms with Crippen LogP contribution in [0.1, 0.15) is 12.5 Å². The van der Waals surface area contributed by atoms with Crippen LogP contribution in [0, 0.1) is 18.2 Å². The van der Waals surface area contributed by atoms with Crippen LogP contribution in [0.15, 0.2) is 29.3 Å². The van der Waals surface area contributed by atoms with E-state index in [0.29, 0.717) is 25.5 Å². The Bertz CT molecular complexity index is 441. The lowest BCUT2D eigenvalue weighted by Crippen LogP contribution is -2.37. The summed E-state index contributed by atoms with van der Waals surface area (Å²) in [6.07, 6.45) is 5.87. The highest BCUT2D eigenvalue weighted by Crippen LogP contribution is 2.04. The van der Waals surface area contributed by atoms with Crippen molar-refractivity contribution in [1.29, 1.82) is 0 Å². The predicted molar refractivity (Wildman–Crippen MR) is 88.3 cm³/mol.